The summed E-state index contributed by atoms with van der Waals surface area (Å²) in [5.41, 5.74) is 1.09. The van der Waals surface area contributed by atoms with E-state index in [9.17, 15) is 4.79 Å². The Bertz CT molecular complexity index is 361. The zero-order valence-electron chi connectivity index (χ0n) is 11.2. The minimum absolute atomic E-state index is 0.0167. The lowest BCUT2D eigenvalue weighted by Crippen LogP contribution is -2.31. The van der Waals surface area contributed by atoms with E-state index >= 15 is 0 Å². The summed E-state index contributed by atoms with van der Waals surface area (Å²) >= 11 is 0. The molecule has 1 rings (SSSR count). The highest BCUT2D eigenvalue weighted by Crippen LogP contribution is 2.43. The maximum absolute atomic E-state index is 11.3. The number of hydrogen-bond acceptors (Lipinski definition) is 2. The van der Waals surface area contributed by atoms with E-state index in [-0.39, 0.29) is 17.3 Å². The maximum atomic E-state index is 11.3. The lowest BCUT2D eigenvalue weighted by molar-refractivity contribution is -0.137. The van der Waals surface area contributed by atoms with Crippen molar-refractivity contribution in [2.45, 2.75) is 27.7 Å². The smallest absolute Gasteiger partial charge is 0.330 e. The van der Waals surface area contributed by atoms with Crippen molar-refractivity contribution >= 4 is 5.97 Å². The van der Waals surface area contributed by atoms with Crippen LogP contribution in [0.4, 0.5) is 0 Å². The number of esters is 1. The quantitative estimate of drug-likeness (QED) is 0.552. The van der Waals surface area contributed by atoms with E-state index in [2.05, 4.69) is 39.5 Å². The Morgan fingerprint density at radius 2 is 2.24 bits per heavy atom. The molecular formula is C15H22O2. The van der Waals surface area contributed by atoms with Crippen molar-refractivity contribution in [3.8, 4) is 0 Å². The van der Waals surface area contributed by atoms with Crippen LogP contribution in [0.1, 0.15) is 27.7 Å². The Kier molecular flexibility index (Phi) is 4.33. The number of rotatable bonds is 3. The predicted molar refractivity (Wildman–Crippen MR) is 70.5 cm³/mol. The standard InChI is InChI=1S/C15H22O2/c1-6-17-14(16)10-9-13-11(2)7-8-12(3)15(13,4)5/h7-11,13H,3,6H2,1-2,4-5H3/b10-9+. The Morgan fingerprint density at radius 1 is 1.59 bits per heavy atom. The van der Waals surface area contributed by atoms with Gasteiger partial charge in [-0.2, -0.15) is 0 Å². The van der Waals surface area contributed by atoms with Gasteiger partial charge in [0.05, 0.1) is 6.61 Å². The molecule has 1 aliphatic carbocycles. The molecule has 0 radical (unpaired) electrons. The van der Waals surface area contributed by atoms with Gasteiger partial charge in [-0.05, 0) is 29.7 Å². The molecule has 0 aromatic heterocycles. The first-order valence-corrected chi connectivity index (χ1v) is 6.12. The molecule has 0 saturated heterocycles. The minimum Gasteiger partial charge on any atom is -0.463 e. The van der Waals surface area contributed by atoms with E-state index in [1.54, 1.807) is 6.08 Å². The largest absolute Gasteiger partial charge is 0.463 e. The molecule has 0 spiro atoms. The van der Waals surface area contributed by atoms with Gasteiger partial charge in [0.15, 0.2) is 0 Å². The van der Waals surface area contributed by atoms with Crippen LogP contribution in [0.15, 0.2) is 36.5 Å². The fourth-order valence-electron chi connectivity index (χ4n) is 2.26. The summed E-state index contributed by atoms with van der Waals surface area (Å²) in [6.07, 6.45) is 7.73. The van der Waals surface area contributed by atoms with Crippen molar-refractivity contribution < 1.29 is 9.53 Å². The van der Waals surface area contributed by atoms with Gasteiger partial charge in [0.2, 0.25) is 0 Å². The summed E-state index contributed by atoms with van der Waals surface area (Å²) in [5, 5.41) is 0. The first-order chi connectivity index (χ1) is 7.89. The number of ether oxygens (including phenoxy) is 1. The molecule has 0 heterocycles. The summed E-state index contributed by atoms with van der Waals surface area (Å²) in [5.74, 6) is 0.418. The van der Waals surface area contributed by atoms with Gasteiger partial charge in [0.25, 0.3) is 0 Å². The molecular weight excluding hydrogens is 212 g/mol. The highest BCUT2D eigenvalue weighted by Gasteiger charge is 2.35. The molecule has 2 atom stereocenters. The van der Waals surface area contributed by atoms with Gasteiger partial charge in [-0.1, -0.05) is 45.6 Å². The van der Waals surface area contributed by atoms with Crippen LogP contribution in [0.3, 0.4) is 0 Å². The van der Waals surface area contributed by atoms with Crippen molar-refractivity contribution in [1.29, 1.82) is 0 Å². The van der Waals surface area contributed by atoms with Crippen LogP contribution in [0.25, 0.3) is 0 Å². The van der Waals surface area contributed by atoms with E-state index in [1.165, 1.54) is 0 Å². The molecule has 0 N–H and O–H groups in total. The molecule has 0 bridgehead atoms. The lowest BCUT2D eigenvalue weighted by Gasteiger charge is -2.39. The normalized spacial score (nSPS) is 27.4. The van der Waals surface area contributed by atoms with Crippen molar-refractivity contribution in [3.63, 3.8) is 0 Å². The van der Waals surface area contributed by atoms with Crippen LogP contribution in [0.5, 0.6) is 0 Å². The third-order valence-electron chi connectivity index (χ3n) is 3.55. The summed E-state index contributed by atoms with van der Waals surface area (Å²) in [7, 11) is 0. The van der Waals surface area contributed by atoms with Crippen LogP contribution in [0.2, 0.25) is 0 Å². The van der Waals surface area contributed by atoms with Crippen LogP contribution in [-0.4, -0.2) is 12.6 Å². The third-order valence-corrected chi connectivity index (χ3v) is 3.55. The fraction of sp³-hybridized carbons (Fsp3) is 0.533. The topological polar surface area (TPSA) is 26.3 Å². The van der Waals surface area contributed by atoms with E-state index in [0.717, 1.165) is 5.57 Å². The fourth-order valence-corrected chi connectivity index (χ4v) is 2.26. The first kappa shape index (κ1) is 13.8. The van der Waals surface area contributed by atoms with E-state index in [1.807, 2.05) is 13.0 Å². The van der Waals surface area contributed by atoms with Gasteiger partial charge >= 0.3 is 5.97 Å². The Hall–Kier alpha value is -1.31. The average molecular weight is 234 g/mol. The molecule has 1 aliphatic rings. The van der Waals surface area contributed by atoms with Gasteiger partial charge < -0.3 is 4.74 Å². The molecule has 2 nitrogen and oxygen atoms in total. The molecule has 94 valence electrons. The summed E-state index contributed by atoms with van der Waals surface area (Å²) in [4.78, 5) is 11.3. The van der Waals surface area contributed by atoms with Gasteiger partial charge in [0, 0.05) is 6.08 Å². The van der Waals surface area contributed by atoms with E-state index in [0.29, 0.717) is 12.5 Å². The number of carbonyl (C=O) groups excluding carboxylic acids is 1. The van der Waals surface area contributed by atoms with Crippen molar-refractivity contribution in [2.75, 3.05) is 6.61 Å². The van der Waals surface area contributed by atoms with Gasteiger partial charge in [-0.3, -0.25) is 0 Å². The summed E-state index contributed by atoms with van der Waals surface area (Å²) in [6.45, 7) is 12.8. The molecule has 0 amide bonds. The number of allylic oxidation sites excluding steroid dienone is 4. The van der Waals surface area contributed by atoms with Crippen molar-refractivity contribution in [3.05, 3.63) is 36.5 Å². The van der Waals surface area contributed by atoms with Crippen LogP contribution < -0.4 is 0 Å². The monoisotopic (exact) mass is 234 g/mol. The highest BCUT2D eigenvalue weighted by atomic mass is 16.5. The molecule has 17 heavy (non-hydrogen) atoms. The Balaban J connectivity index is 2.85. The third kappa shape index (κ3) is 3.09. The molecule has 0 aromatic rings. The molecule has 2 heteroatoms. The van der Waals surface area contributed by atoms with Crippen LogP contribution in [0, 0.1) is 17.3 Å². The minimum atomic E-state index is -0.268. The second kappa shape index (κ2) is 5.35. The molecule has 0 saturated carbocycles. The van der Waals surface area contributed by atoms with Crippen molar-refractivity contribution in [1.82, 2.24) is 0 Å². The predicted octanol–water partition coefficient (Wildman–Crippen LogP) is 3.51. The van der Waals surface area contributed by atoms with E-state index < -0.39 is 0 Å². The molecule has 2 unspecified atom stereocenters. The highest BCUT2D eigenvalue weighted by molar-refractivity contribution is 5.81. The maximum Gasteiger partial charge on any atom is 0.330 e. The summed E-state index contributed by atoms with van der Waals surface area (Å²) < 4.78 is 4.90. The Labute approximate surface area is 104 Å². The zero-order chi connectivity index (χ0) is 13.1. The lowest BCUT2D eigenvalue weighted by atomic mass is 9.65. The average Bonchev–Trinajstić information content (AvgIpc) is 2.24. The van der Waals surface area contributed by atoms with Gasteiger partial charge in [0.1, 0.15) is 0 Å². The van der Waals surface area contributed by atoms with Crippen molar-refractivity contribution in [2.24, 2.45) is 17.3 Å². The van der Waals surface area contributed by atoms with E-state index in [4.69, 9.17) is 4.74 Å². The van der Waals surface area contributed by atoms with Crippen LogP contribution in [-0.2, 0) is 9.53 Å². The second-order valence-corrected chi connectivity index (χ2v) is 5.10. The van der Waals surface area contributed by atoms with Gasteiger partial charge in [-0.15, -0.1) is 0 Å². The van der Waals surface area contributed by atoms with Gasteiger partial charge in [-0.25, -0.2) is 4.79 Å². The number of hydrogen-bond donors (Lipinski definition) is 0. The number of carbonyl (C=O) groups is 1. The molecule has 0 aliphatic heterocycles. The first-order valence-electron chi connectivity index (χ1n) is 6.12. The summed E-state index contributed by atoms with van der Waals surface area (Å²) in [6, 6.07) is 0. The second-order valence-electron chi connectivity index (χ2n) is 5.10. The molecule has 0 aromatic carbocycles. The Morgan fingerprint density at radius 3 is 2.82 bits per heavy atom. The zero-order valence-corrected chi connectivity index (χ0v) is 11.2. The SMILES string of the molecule is C=C1C=CC(C)C(/C=C/C(=O)OCC)C1(C)C. The molecule has 0 fully saturated rings. The van der Waals surface area contributed by atoms with Crippen LogP contribution >= 0.6 is 0 Å².